The summed E-state index contributed by atoms with van der Waals surface area (Å²) < 4.78 is 13.5. The molecule has 5 nitrogen and oxygen atoms in total. The SMILES string of the molecule is CC1CC1CNC(=O)Nc1ccc(C(=O)O)cc1F. The number of carboxylic acid groups (broad SMARTS) is 1. The molecule has 1 aliphatic carbocycles. The van der Waals surface area contributed by atoms with E-state index in [9.17, 15) is 14.0 Å². The molecule has 0 bridgehead atoms. The molecule has 0 aliphatic heterocycles. The zero-order chi connectivity index (χ0) is 14.0. The van der Waals surface area contributed by atoms with Crippen molar-refractivity contribution in [2.45, 2.75) is 13.3 Å². The van der Waals surface area contributed by atoms with Gasteiger partial charge < -0.3 is 15.7 Å². The molecule has 2 rings (SSSR count). The number of amides is 2. The van der Waals surface area contributed by atoms with Crippen molar-refractivity contribution < 1.29 is 19.1 Å². The number of rotatable bonds is 4. The van der Waals surface area contributed by atoms with E-state index in [1.165, 1.54) is 12.1 Å². The van der Waals surface area contributed by atoms with Crippen LogP contribution in [0.5, 0.6) is 0 Å². The van der Waals surface area contributed by atoms with Crippen LogP contribution < -0.4 is 10.6 Å². The van der Waals surface area contributed by atoms with Crippen LogP contribution in [0.2, 0.25) is 0 Å². The Balaban J connectivity index is 1.91. The van der Waals surface area contributed by atoms with E-state index < -0.39 is 17.8 Å². The van der Waals surface area contributed by atoms with E-state index in [1.54, 1.807) is 0 Å². The number of carbonyl (C=O) groups is 2. The van der Waals surface area contributed by atoms with E-state index >= 15 is 0 Å². The molecular weight excluding hydrogens is 251 g/mol. The standard InChI is InChI=1S/C13H15FN2O3/c1-7-4-9(7)6-15-13(19)16-11-3-2-8(12(17)18)5-10(11)14/h2-3,5,7,9H,4,6H2,1H3,(H,17,18)(H2,15,16,19). The summed E-state index contributed by atoms with van der Waals surface area (Å²) in [6, 6.07) is 2.87. The molecule has 19 heavy (non-hydrogen) atoms. The first kappa shape index (κ1) is 13.3. The maximum Gasteiger partial charge on any atom is 0.335 e. The molecule has 0 heterocycles. The molecule has 1 aromatic rings. The van der Waals surface area contributed by atoms with Gasteiger partial charge in [0.1, 0.15) is 5.82 Å². The molecule has 6 heteroatoms. The fourth-order valence-electron chi connectivity index (χ4n) is 1.82. The number of aromatic carboxylic acids is 1. The highest BCUT2D eigenvalue weighted by molar-refractivity contribution is 5.91. The summed E-state index contributed by atoms with van der Waals surface area (Å²) in [4.78, 5) is 22.2. The summed E-state index contributed by atoms with van der Waals surface area (Å²) in [5.74, 6) is -0.843. The highest BCUT2D eigenvalue weighted by atomic mass is 19.1. The lowest BCUT2D eigenvalue weighted by Crippen LogP contribution is -2.31. The predicted molar refractivity (Wildman–Crippen MR) is 67.7 cm³/mol. The van der Waals surface area contributed by atoms with Crippen LogP contribution in [0.4, 0.5) is 14.9 Å². The first-order chi connectivity index (χ1) is 8.97. The average molecular weight is 266 g/mol. The van der Waals surface area contributed by atoms with Crippen molar-refractivity contribution in [2.24, 2.45) is 11.8 Å². The Kier molecular flexibility index (Phi) is 3.69. The minimum atomic E-state index is -1.21. The van der Waals surface area contributed by atoms with Gasteiger partial charge in [0.05, 0.1) is 11.3 Å². The summed E-state index contributed by atoms with van der Waals surface area (Å²) >= 11 is 0. The molecule has 2 atom stereocenters. The van der Waals surface area contributed by atoms with Gasteiger partial charge in [-0.2, -0.15) is 0 Å². The smallest absolute Gasteiger partial charge is 0.335 e. The van der Waals surface area contributed by atoms with Gasteiger partial charge in [0.25, 0.3) is 0 Å². The highest BCUT2D eigenvalue weighted by Gasteiger charge is 2.32. The lowest BCUT2D eigenvalue weighted by molar-refractivity contribution is 0.0696. The van der Waals surface area contributed by atoms with Gasteiger partial charge in [0.2, 0.25) is 0 Å². The van der Waals surface area contributed by atoms with Crippen molar-refractivity contribution in [2.75, 3.05) is 11.9 Å². The van der Waals surface area contributed by atoms with Crippen molar-refractivity contribution in [3.8, 4) is 0 Å². The number of anilines is 1. The van der Waals surface area contributed by atoms with Crippen LogP contribution >= 0.6 is 0 Å². The van der Waals surface area contributed by atoms with Crippen molar-refractivity contribution >= 4 is 17.7 Å². The lowest BCUT2D eigenvalue weighted by Gasteiger charge is -2.08. The second-order valence-electron chi connectivity index (χ2n) is 4.81. The Morgan fingerprint density at radius 2 is 2.16 bits per heavy atom. The van der Waals surface area contributed by atoms with Gasteiger partial charge in [-0.1, -0.05) is 6.92 Å². The third-order valence-electron chi connectivity index (χ3n) is 3.27. The van der Waals surface area contributed by atoms with Gasteiger partial charge in [-0.05, 0) is 36.5 Å². The van der Waals surface area contributed by atoms with E-state index in [-0.39, 0.29) is 11.3 Å². The molecule has 0 aromatic heterocycles. The number of carboxylic acids is 1. The zero-order valence-corrected chi connectivity index (χ0v) is 10.4. The summed E-state index contributed by atoms with van der Waals surface area (Å²) in [7, 11) is 0. The molecule has 0 radical (unpaired) electrons. The number of urea groups is 1. The zero-order valence-electron chi connectivity index (χ0n) is 10.4. The van der Waals surface area contributed by atoms with Crippen LogP contribution in [-0.2, 0) is 0 Å². The first-order valence-corrected chi connectivity index (χ1v) is 6.05. The maximum absolute atomic E-state index is 13.5. The highest BCUT2D eigenvalue weighted by Crippen LogP contribution is 2.36. The third kappa shape index (κ3) is 3.43. The molecule has 3 N–H and O–H groups in total. The Hall–Kier alpha value is -2.11. The Bertz CT molecular complexity index is 519. The Morgan fingerprint density at radius 1 is 1.47 bits per heavy atom. The van der Waals surface area contributed by atoms with Gasteiger partial charge in [-0.25, -0.2) is 14.0 Å². The minimum absolute atomic E-state index is 0.0358. The second kappa shape index (κ2) is 5.26. The number of hydrogen-bond donors (Lipinski definition) is 3. The van der Waals surface area contributed by atoms with Crippen molar-refractivity contribution in [1.29, 1.82) is 0 Å². The number of benzene rings is 1. The number of hydrogen-bond acceptors (Lipinski definition) is 2. The minimum Gasteiger partial charge on any atom is -0.478 e. The molecule has 2 amide bonds. The summed E-state index contributed by atoms with van der Waals surface area (Å²) in [5, 5.41) is 13.7. The fraction of sp³-hybridized carbons (Fsp3) is 0.385. The quantitative estimate of drug-likeness (QED) is 0.782. The Labute approximate surface area is 109 Å². The summed E-state index contributed by atoms with van der Waals surface area (Å²) in [6.07, 6.45) is 1.10. The Morgan fingerprint density at radius 3 is 2.68 bits per heavy atom. The van der Waals surface area contributed by atoms with E-state index in [0.717, 1.165) is 12.5 Å². The summed E-state index contributed by atoms with van der Waals surface area (Å²) in [5.41, 5.74) is -0.193. The average Bonchev–Trinajstić information content (AvgIpc) is 3.05. The molecule has 1 fully saturated rings. The molecule has 1 aromatic carbocycles. The molecular formula is C13H15FN2O3. The van der Waals surface area contributed by atoms with Crippen LogP contribution in [0.15, 0.2) is 18.2 Å². The van der Waals surface area contributed by atoms with Crippen molar-refractivity contribution in [1.82, 2.24) is 5.32 Å². The van der Waals surface area contributed by atoms with E-state index in [4.69, 9.17) is 5.11 Å². The summed E-state index contributed by atoms with van der Waals surface area (Å²) in [6.45, 7) is 2.68. The second-order valence-corrected chi connectivity index (χ2v) is 4.81. The van der Waals surface area contributed by atoms with Gasteiger partial charge in [0, 0.05) is 6.54 Å². The third-order valence-corrected chi connectivity index (χ3v) is 3.27. The van der Waals surface area contributed by atoms with Gasteiger partial charge >= 0.3 is 12.0 Å². The molecule has 0 spiro atoms. The van der Waals surface area contributed by atoms with E-state index in [1.807, 2.05) is 0 Å². The molecule has 1 saturated carbocycles. The monoisotopic (exact) mass is 266 g/mol. The van der Waals surface area contributed by atoms with Crippen LogP contribution in [0.1, 0.15) is 23.7 Å². The van der Waals surface area contributed by atoms with Crippen molar-refractivity contribution in [3.63, 3.8) is 0 Å². The molecule has 0 saturated heterocycles. The van der Waals surface area contributed by atoms with Crippen LogP contribution in [0, 0.1) is 17.7 Å². The van der Waals surface area contributed by atoms with E-state index in [2.05, 4.69) is 17.6 Å². The van der Waals surface area contributed by atoms with Crippen LogP contribution in [-0.4, -0.2) is 23.7 Å². The van der Waals surface area contributed by atoms with Crippen LogP contribution in [0.25, 0.3) is 0 Å². The molecule has 1 aliphatic rings. The number of carbonyl (C=O) groups excluding carboxylic acids is 1. The van der Waals surface area contributed by atoms with Crippen molar-refractivity contribution in [3.05, 3.63) is 29.6 Å². The number of halogens is 1. The van der Waals surface area contributed by atoms with E-state index in [0.29, 0.717) is 18.4 Å². The van der Waals surface area contributed by atoms with Gasteiger partial charge in [-0.15, -0.1) is 0 Å². The number of nitrogens with one attached hydrogen (secondary N) is 2. The molecule has 2 unspecified atom stereocenters. The first-order valence-electron chi connectivity index (χ1n) is 6.05. The predicted octanol–water partition coefficient (Wildman–Crippen LogP) is 2.30. The maximum atomic E-state index is 13.5. The topological polar surface area (TPSA) is 78.4 Å². The largest absolute Gasteiger partial charge is 0.478 e. The van der Waals surface area contributed by atoms with Crippen LogP contribution in [0.3, 0.4) is 0 Å². The normalized spacial score (nSPS) is 20.7. The fourth-order valence-corrected chi connectivity index (χ4v) is 1.82. The molecule has 102 valence electrons. The lowest BCUT2D eigenvalue weighted by atomic mass is 10.2. The van der Waals surface area contributed by atoms with Gasteiger partial charge in [0.15, 0.2) is 0 Å². The van der Waals surface area contributed by atoms with Gasteiger partial charge in [-0.3, -0.25) is 0 Å².